The number of carboxylic acids is 1. The first-order valence-electron chi connectivity index (χ1n) is 6.30. The van der Waals surface area contributed by atoms with Crippen molar-refractivity contribution in [3.8, 4) is 5.75 Å². The number of carbonyl (C=O) groups is 1. The fourth-order valence-corrected chi connectivity index (χ4v) is 2.42. The molecular formula is C14H19NO3. The van der Waals surface area contributed by atoms with Crippen LogP contribution in [-0.4, -0.2) is 31.3 Å². The number of ether oxygens (including phenoxy) is 1. The summed E-state index contributed by atoms with van der Waals surface area (Å²) in [5, 5.41) is 8.69. The molecule has 4 nitrogen and oxygen atoms in total. The second-order valence-corrected chi connectivity index (χ2v) is 4.73. The fourth-order valence-electron chi connectivity index (χ4n) is 2.42. The molecule has 1 aliphatic heterocycles. The molecule has 1 atom stereocenters. The predicted molar refractivity (Wildman–Crippen MR) is 70.2 cm³/mol. The van der Waals surface area contributed by atoms with E-state index in [4.69, 9.17) is 9.84 Å². The minimum Gasteiger partial charge on any atom is -0.497 e. The van der Waals surface area contributed by atoms with E-state index >= 15 is 0 Å². The van der Waals surface area contributed by atoms with E-state index in [9.17, 15) is 4.79 Å². The molecule has 1 unspecified atom stereocenters. The van der Waals surface area contributed by atoms with Crippen LogP contribution in [0.25, 0.3) is 0 Å². The third-order valence-electron chi connectivity index (χ3n) is 3.49. The van der Waals surface area contributed by atoms with E-state index in [2.05, 4.69) is 17.0 Å². The Hall–Kier alpha value is -1.71. The summed E-state index contributed by atoms with van der Waals surface area (Å²) in [6.45, 7) is 1.97. The number of hydrogen-bond donors (Lipinski definition) is 1. The Morgan fingerprint density at radius 2 is 2.17 bits per heavy atom. The lowest BCUT2D eigenvalue weighted by Gasteiger charge is -2.18. The van der Waals surface area contributed by atoms with Crippen molar-refractivity contribution in [3.63, 3.8) is 0 Å². The molecular weight excluding hydrogens is 230 g/mol. The first-order valence-corrected chi connectivity index (χ1v) is 6.30. The summed E-state index contributed by atoms with van der Waals surface area (Å²) < 4.78 is 5.13. The van der Waals surface area contributed by atoms with Gasteiger partial charge in [-0.2, -0.15) is 0 Å². The second kappa shape index (κ2) is 5.76. The second-order valence-electron chi connectivity index (χ2n) is 4.73. The Kier molecular flexibility index (Phi) is 4.07. The van der Waals surface area contributed by atoms with Crippen molar-refractivity contribution in [2.45, 2.75) is 19.3 Å². The van der Waals surface area contributed by atoms with Gasteiger partial charge in [-0.3, -0.25) is 4.79 Å². The van der Waals surface area contributed by atoms with Crippen LogP contribution in [0.2, 0.25) is 0 Å². The summed E-state index contributed by atoms with van der Waals surface area (Å²) in [6.07, 6.45) is 2.14. The standard InChI is InChI=1S/C14H19NO3/c1-18-13-5-3-12(4-6-13)15-9-8-11(10-15)2-7-14(16)17/h3-6,11H,2,7-10H2,1H3,(H,16,17). The van der Waals surface area contributed by atoms with Gasteiger partial charge in [-0.25, -0.2) is 0 Å². The lowest BCUT2D eigenvalue weighted by atomic mass is 10.0. The van der Waals surface area contributed by atoms with Gasteiger partial charge in [0.15, 0.2) is 0 Å². The molecule has 4 heteroatoms. The molecule has 0 bridgehead atoms. The van der Waals surface area contributed by atoms with E-state index in [1.54, 1.807) is 7.11 Å². The van der Waals surface area contributed by atoms with Crippen molar-refractivity contribution in [2.24, 2.45) is 5.92 Å². The van der Waals surface area contributed by atoms with Crippen molar-refractivity contribution >= 4 is 11.7 Å². The van der Waals surface area contributed by atoms with Gasteiger partial charge >= 0.3 is 5.97 Å². The molecule has 1 heterocycles. The first kappa shape index (κ1) is 12.7. The van der Waals surface area contributed by atoms with Gasteiger partial charge in [0.25, 0.3) is 0 Å². The van der Waals surface area contributed by atoms with Crippen molar-refractivity contribution in [2.75, 3.05) is 25.1 Å². The molecule has 0 amide bonds. The molecule has 1 N–H and O–H groups in total. The highest BCUT2D eigenvalue weighted by molar-refractivity contribution is 5.66. The van der Waals surface area contributed by atoms with E-state index in [1.165, 1.54) is 5.69 Å². The monoisotopic (exact) mass is 249 g/mol. The summed E-state index contributed by atoms with van der Waals surface area (Å²) in [6, 6.07) is 8.02. The first-order chi connectivity index (χ1) is 8.69. The molecule has 0 radical (unpaired) electrons. The topological polar surface area (TPSA) is 49.8 Å². The molecule has 1 aromatic carbocycles. The van der Waals surface area contributed by atoms with Gasteiger partial charge in [0.1, 0.15) is 5.75 Å². The van der Waals surface area contributed by atoms with Crippen LogP contribution < -0.4 is 9.64 Å². The summed E-state index contributed by atoms with van der Waals surface area (Å²) in [4.78, 5) is 12.9. The molecule has 0 saturated carbocycles. The summed E-state index contributed by atoms with van der Waals surface area (Å²) in [7, 11) is 1.66. The van der Waals surface area contributed by atoms with Crippen LogP contribution in [-0.2, 0) is 4.79 Å². The van der Waals surface area contributed by atoms with E-state index < -0.39 is 5.97 Å². The van der Waals surface area contributed by atoms with Crippen LogP contribution in [0.3, 0.4) is 0 Å². The van der Waals surface area contributed by atoms with Crippen molar-refractivity contribution in [1.29, 1.82) is 0 Å². The van der Waals surface area contributed by atoms with Crippen molar-refractivity contribution < 1.29 is 14.6 Å². The number of benzene rings is 1. The smallest absolute Gasteiger partial charge is 0.303 e. The predicted octanol–water partition coefficient (Wildman–Crippen LogP) is 2.39. The largest absolute Gasteiger partial charge is 0.497 e. The normalized spacial score (nSPS) is 18.9. The number of rotatable bonds is 5. The van der Waals surface area contributed by atoms with Gasteiger partial charge in [-0.1, -0.05) is 0 Å². The third-order valence-corrected chi connectivity index (χ3v) is 3.49. The molecule has 1 aliphatic rings. The highest BCUT2D eigenvalue weighted by Crippen LogP contribution is 2.27. The van der Waals surface area contributed by atoms with Crippen LogP contribution in [0, 0.1) is 5.92 Å². The molecule has 0 aromatic heterocycles. The van der Waals surface area contributed by atoms with Crippen LogP contribution in [0.5, 0.6) is 5.75 Å². The minimum atomic E-state index is -0.696. The molecule has 1 aromatic rings. The Balaban J connectivity index is 1.89. The quantitative estimate of drug-likeness (QED) is 0.870. The van der Waals surface area contributed by atoms with Gasteiger partial charge in [0, 0.05) is 25.2 Å². The average molecular weight is 249 g/mol. The molecule has 18 heavy (non-hydrogen) atoms. The van der Waals surface area contributed by atoms with Gasteiger partial charge in [0.05, 0.1) is 7.11 Å². The lowest BCUT2D eigenvalue weighted by Crippen LogP contribution is -2.19. The Bertz CT molecular complexity index is 402. The number of hydrogen-bond acceptors (Lipinski definition) is 3. The molecule has 2 rings (SSSR count). The van der Waals surface area contributed by atoms with Crippen molar-refractivity contribution in [3.05, 3.63) is 24.3 Å². The highest BCUT2D eigenvalue weighted by atomic mass is 16.5. The highest BCUT2D eigenvalue weighted by Gasteiger charge is 2.23. The number of nitrogens with zero attached hydrogens (tertiary/aromatic N) is 1. The average Bonchev–Trinajstić information content (AvgIpc) is 2.85. The summed E-state index contributed by atoms with van der Waals surface area (Å²) in [5.41, 5.74) is 1.19. The zero-order valence-corrected chi connectivity index (χ0v) is 10.6. The van der Waals surface area contributed by atoms with Crippen molar-refractivity contribution in [1.82, 2.24) is 0 Å². The van der Waals surface area contributed by atoms with Gasteiger partial charge < -0.3 is 14.7 Å². The van der Waals surface area contributed by atoms with Crippen LogP contribution >= 0.6 is 0 Å². The zero-order chi connectivity index (χ0) is 13.0. The lowest BCUT2D eigenvalue weighted by molar-refractivity contribution is -0.137. The van der Waals surface area contributed by atoms with Crippen LogP contribution in [0.15, 0.2) is 24.3 Å². The minimum absolute atomic E-state index is 0.279. The number of anilines is 1. The number of carboxylic acid groups (broad SMARTS) is 1. The molecule has 1 fully saturated rings. The molecule has 0 spiro atoms. The van der Waals surface area contributed by atoms with E-state index in [1.807, 2.05) is 12.1 Å². The fraction of sp³-hybridized carbons (Fsp3) is 0.500. The van der Waals surface area contributed by atoms with Crippen LogP contribution in [0.4, 0.5) is 5.69 Å². The maximum Gasteiger partial charge on any atom is 0.303 e. The maximum absolute atomic E-state index is 10.6. The van der Waals surface area contributed by atoms with Gasteiger partial charge in [-0.15, -0.1) is 0 Å². The molecule has 98 valence electrons. The number of methoxy groups -OCH3 is 1. The van der Waals surface area contributed by atoms with Gasteiger partial charge in [0.2, 0.25) is 0 Å². The SMILES string of the molecule is COc1ccc(N2CCC(CCC(=O)O)C2)cc1. The molecule has 0 aliphatic carbocycles. The summed E-state index contributed by atoms with van der Waals surface area (Å²) in [5.74, 6) is 0.668. The zero-order valence-electron chi connectivity index (χ0n) is 10.6. The van der Waals surface area contributed by atoms with E-state index in [0.717, 1.165) is 31.7 Å². The van der Waals surface area contributed by atoms with Gasteiger partial charge in [-0.05, 0) is 43.0 Å². The third kappa shape index (κ3) is 3.15. The Labute approximate surface area is 107 Å². The van der Waals surface area contributed by atoms with E-state index in [0.29, 0.717) is 5.92 Å². The maximum atomic E-state index is 10.6. The summed E-state index contributed by atoms with van der Waals surface area (Å²) >= 11 is 0. The Morgan fingerprint density at radius 3 is 2.78 bits per heavy atom. The Morgan fingerprint density at radius 1 is 1.44 bits per heavy atom. The molecule has 1 saturated heterocycles. The number of aliphatic carboxylic acids is 1. The van der Waals surface area contributed by atoms with Crippen LogP contribution in [0.1, 0.15) is 19.3 Å². The van der Waals surface area contributed by atoms with E-state index in [-0.39, 0.29) is 6.42 Å².